The van der Waals surface area contributed by atoms with Crippen molar-refractivity contribution in [1.82, 2.24) is 5.32 Å². The topological polar surface area (TPSA) is 58.2 Å². The molecule has 0 amide bonds. The van der Waals surface area contributed by atoms with E-state index in [1.165, 1.54) is 51.4 Å². The second-order valence-corrected chi connectivity index (χ2v) is 13.1. The smallest absolute Gasteiger partial charge is 0.183 e. The van der Waals surface area contributed by atoms with Crippen molar-refractivity contribution in [3.8, 4) is 0 Å². The van der Waals surface area contributed by atoms with Gasteiger partial charge in [-0.1, -0.05) is 51.9 Å². The molecule has 0 aliphatic rings. The number of hydrogen-bond donors (Lipinski definition) is 1. The summed E-state index contributed by atoms with van der Waals surface area (Å²) < 4.78 is 27.7. The molecule has 30 heavy (non-hydrogen) atoms. The highest BCUT2D eigenvalue weighted by molar-refractivity contribution is 6.69. The highest BCUT2D eigenvalue weighted by atomic mass is 28.4. The van der Waals surface area contributed by atoms with Crippen molar-refractivity contribution in [3.05, 3.63) is 0 Å². The van der Waals surface area contributed by atoms with Gasteiger partial charge in [0.05, 0.1) is 59.5 Å². The Bertz CT molecular complexity index is 329. The Hall–Kier alpha value is -0.0231. The van der Waals surface area contributed by atoms with Crippen LogP contribution in [-0.4, -0.2) is 80.9 Å². The molecule has 0 rings (SSSR count). The summed E-state index contributed by atoms with van der Waals surface area (Å²) in [4.78, 5) is 0. The summed E-state index contributed by atoms with van der Waals surface area (Å²) in [5, 5.41) is 3.44. The normalized spacial score (nSPS) is 12.0. The molecule has 0 spiro atoms. The third-order valence-corrected chi connectivity index (χ3v) is 5.58. The van der Waals surface area contributed by atoms with E-state index in [1.54, 1.807) is 0 Å². The fourth-order valence-corrected chi connectivity index (χ4v) is 3.52. The number of nitrogens with one attached hydrogen (secondary N) is 1. The Morgan fingerprint density at radius 2 is 0.933 bits per heavy atom. The van der Waals surface area contributed by atoms with Crippen LogP contribution in [0.1, 0.15) is 58.3 Å². The van der Waals surface area contributed by atoms with Crippen molar-refractivity contribution in [2.24, 2.45) is 0 Å². The average molecular weight is 450 g/mol. The van der Waals surface area contributed by atoms with Crippen LogP contribution >= 0.6 is 0 Å². The van der Waals surface area contributed by atoms with E-state index in [9.17, 15) is 0 Å². The molecule has 0 saturated heterocycles. The van der Waals surface area contributed by atoms with E-state index in [4.69, 9.17) is 23.4 Å². The van der Waals surface area contributed by atoms with Gasteiger partial charge < -0.3 is 28.7 Å². The van der Waals surface area contributed by atoms with Crippen LogP contribution in [-0.2, 0) is 23.4 Å². The molecule has 0 aromatic carbocycles. The van der Waals surface area contributed by atoms with Crippen molar-refractivity contribution in [2.75, 3.05) is 72.6 Å². The monoisotopic (exact) mass is 449 g/mol. The number of ether oxygens (including phenoxy) is 4. The van der Waals surface area contributed by atoms with Gasteiger partial charge >= 0.3 is 0 Å². The van der Waals surface area contributed by atoms with E-state index in [0.717, 1.165) is 19.7 Å². The van der Waals surface area contributed by atoms with E-state index < -0.39 is 8.32 Å². The molecule has 0 saturated carbocycles. The molecule has 0 aliphatic heterocycles. The van der Waals surface area contributed by atoms with Gasteiger partial charge in [-0.3, -0.25) is 0 Å². The Kier molecular flexibility index (Phi) is 23.6. The minimum atomic E-state index is -1.42. The van der Waals surface area contributed by atoms with Crippen molar-refractivity contribution < 1.29 is 23.4 Å². The van der Waals surface area contributed by atoms with Gasteiger partial charge in [0.2, 0.25) is 0 Å². The Morgan fingerprint density at radius 1 is 0.500 bits per heavy atom. The van der Waals surface area contributed by atoms with Crippen LogP contribution in [0.15, 0.2) is 0 Å². The van der Waals surface area contributed by atoms with Crippen LogP contribution in [0, 0.1) is 0 Å². The molecule has 0 heterocycles. The van der Waals surface area contributed by atoms with Crippen LogP contribution in [0.2, 0.25) is 19.6 Å². The van der Waals surface area contributed by atoms with Gasteiger partial charge in [-0.15, -0.1) is 0 Å². The van der Waals surface area contributed by atoms with Crippen LogP contribution in [0.3, 0.4) is 0 Å². The summed E-state index contributed by atoms with van der Waals surface area (Å²) in [6, 6.07) is 0. The molecule has 7 heteroatoms. The summed E-state index contributed by atoms with van der Waals surface area (Å²) in [6.07, 6.45) is 10.9. The van der Waals surface area contributed by atoms with Crippen LogP contribution in [0.4, 0.5) is 0 Å². The second-order valence-electron chi connectivity index (χ2n) is 8.64. The summed E-state index contributed by atoms with van der Waals surface area (Å²) in [6.45, 7) is 16.5. The molecule has 0 fully saturated rings. The highest BCUT2D eigenvalue weighted by Gasteiger charge is 2.12. The third kappa shape index (κ3) is 28.0. The van der Waals surface area contributed by atoms with Crippen molar-refractivity contribution in [1.29, 1.82) is 0 Å². The molecule has 0 aromatic rings. The largest absolute Gasteiger partial charge is 0.415 e. The van der Waals surface area contributed by atoms with E-state index >= 15 is 0 Å². The average Bonchev–Trinajstić information content (AvgIpc) is 2.70. The first-order valence-corrected chi connectivity index (χ1v) is 15.6. The molecule has 0 radical (unpaired) electrons. The Morgan fingerprint density at radius 3 is 1.43 bits per heavy atom. The Balaban J connectivity index is 3.02. The zero-order chi connectivity index (χ0) is 22.2. The summed E-state index contributed by atoms with van der Waals surface area (Å²) in [7, 11) is -1.42. The summed E-state index contributed by atoms with van der Waals surface area (Å²) >= 11 is 0. The molecule has 0 atom stereocenters. The first kappa shape index (κ1) is 30.0. The van der Waals surface area contributed by atoms with Crippen molar-refractivity contribution >= 4 is 8.32 Å². The van der Waals surface area contributed by atoms with Gasteiger partial charge in [0, 0.05) is 6.54 Å². The molecule has 0 aliphatic carbocycles. The highest BCUT2D eigenvalue weighted by Crippen LogP contribution is 2.07. The lowest BCUT2D eigenvalue weighted by Crippen LogP contribution is -2.27. The quantitative estimate of drug-likeness (QED) is 0.162. The van der Waals surface area contributed by atoms with Crippen LogP contribution in [0.25, 0.3) is 0 Å². The standard InChI is InChI=1S/C23H51NO5Si/c1-5-6-7-8-9-10-11-12-13-24-14-15-25-16-17-26-18-19-27-20-21-28-22-23-29-30(2,3)4/h24H,5-23H2,1-4H3. The molecule has 0 unspecified atom stereocenters. The van der Waals surface area contributed by atoms with Gasteiger partial charge in [0.25, 0.3) is 0 Å². The second kappa shape index (κ2) is 23.6. The van der Waals surface area contributed by atoms with Crippen LogP contribution in [0.5, 0.6) is 0 Å². The molecule has 0 bridgehead atoms. The summed E-state index contributed by atoms with van der Waals surface area (Å²) in [5.41, 5.74) is 0. The van der Waals surface area contributed by atoms with E-state index in [2.05, 4.69) is 31.9 Å². The van der Waals surface area contributed by atoms with Gasteiger partial charge in [-0.25, -0.2) is 0 Å². The fourth-order valence-electron chi connectivity index (χ4n) is 2.82. The van der Waals surface area contributed by atoms with Gasteiger partial charge in [0.1, 0.15) is 0 Å². The zero-order valence-electron chi connectivity index (χ0n) is 20.5. The van der Waals surface area contributed by atoms with Gasteiger partial charge in [-0.2, -0.15) is 0 Å². The lowest BCUT2D eigenvalue weighted by atomic mass is 10.1. The Labute approximate surface area is 187 Å². The maximum Gasteiger partial charge on any atom is 0.183 e. The SMILES string of the molecule is CCCCCCCCCCNCCOCCOCCOCCOCCO[Si](C)(C)C. The zero-order valence-corrected chi connectivity index (χ0v) is 21.5. The number of rotatable bonds is 25. The predicted molar refractivity (Wildman–Crippen MR) is 128 cm³/mol. The first-order chi connectivity index (χ1) is 14.6. The third-order valence-electron chi connectivity index (χ3n) is 4.51. The van der Waals surface area contributed by atoms with Crippen molar-refractivity contribution in [3.63, 3.8) is 0 Å². The lowest BCUT2D eigenvalue weighted by Gasteiger charge is -2.16. The maximum atomic E-state index is 5.71. The summed E-state index contributed by atoms with van der Waals surface area (Å²) in [5.74, 6) is 0. The minimum absolute atomic E-state index is 0.592. The number of unbranched alkanes of at least 4 members (excludes halogenated alkanes) is 7. The fraction of sp³-hybridized carbons (Fsp3) is 1.00. The van der Waals surface area contributed by atoms with E-state index in [-0.39, 0.29) is 0 Å². The first-order valence-electron chi connectivity index (χ1n) is 12.2. The predicted octanol–water partition coefficient (Wildman–Crippen LogP) is 4.63. The molecule has 0 aromatic heterocycles. The van der Waals surface area contributed by atoms with Gasteiger partial charge in [-0.05, 0) is 32.6 Å². The van der Waals surface area contributed by atoms with Crippen LogP contribution < -0.4 is 5.32 Å². The van der Waals surface area contributed by atoms with E-state index in [1.807, 2.05) is 0 Å². The minimum Gasteiger partial charge on any atom is -0.415 e. The molecule has 6 nitrogen and oxygen atoms in total. The maximum absolute atomic E-state index is 5.71. The molecule has 1 N–H and O–H groups in total. The molecule has 182 valence electrons. The van der Waals surface area contributed by atoms with Gasteiger partial charge in [0.15, 0.2) is 8.32 Å². The molecular weight excluding hydrogens is 398 g/mol. The lowest BCUT2D eigenvalue weighted by molar-refractivity contribution is -0.00451. The van der Waals surface area contributed by atoms with E-state index in [0.29, 0.717) is 52.9 Å². The molecular formula is C23H51NO5Si. The van der Waals surface area contributed by atoms with Crippen molar-refractivity contribution in [2.45, 2.75) is 77.9 Å². The number of hydrogen-bond acceptors (Lipinski definition) is 6.